The Hall–Kier alpha value is -7.77. The van der Waals surface area contributed by atoms with Crippen LogP contribution < -0.4 is 51.3 Å². The molecule has 2 heterocycles. The van der Waals surface area contributed by atoms with Crippen LogP contribution in [0.25, 0.3) is 11.1 Å². The van der Waals surface area contributed by atoms with Crippen LogP contribution in [0.3, 0.4) is 0 Å². The van der Waals surface area contributed by atoms with Gasteiger partial charge >= 0.3 is 0 Å². The van der Waals surface area contributed by atoms with E-state index in [1.807, 2.05) is 0 Å². The van der Waals surface area contributed by atoms with Crippen molar-refractivity contribution in [1.29, 1.82) is 0 Å². The maximum atomic E-state index is 2.51. The van der Waals surface area contributed by atoms with E-state index < -0.39 is 16.1 Å². The maximum Gasteiger partial charge on any atom is 0.184 e. The molecular weight excluding hydrogens is 829 g/mol. The van der Waals surface area contributed by atoms with E-state index in [0.717, 1.165) is 0 Å². The van der Waals surface area contributed by atoms with Crippen molar-refractivity contribution in [1.82, 2.24) is 0 Å². The van der Waals surface area contributed by atoms with Gasteiger partial charge in [0.1, 0.15) is 0 Å². The molecule has 0 radical (unpaired) electrons. The molecule has 2 aliphatic rings. The van der Waals surface area contributed by atoms with Gasteiger partial charge in [0.25, 0.3) is 0 Å². The molecular formula is C62H48N2Si2. The van der Waals surface area contributed by atoms with Crippen LogP contribution in [0, 0.1) is 13.8 Å². The molecule has 0 aliphatic carbocycles. The van der Waals surface area contributed by atoms with E-state index in [2.05, 4.69) is 278 Å². The minimum atomic E-state index is -2.69. The first-order valence-electron chi connectivity index (χ1n) is 23.0. The van der Waals surface area contributed by atoms with Gasteiger partial charge in [-0.05, 0) is 126 Å². The van der Waals surface area contributed by atoms with E-state index in [-0.39, 0.29) is 0 Å². The van der Waals surface area contributed by atoms with Crippen LogP contribution in [0.5, 0.6) is 0 Å². The summed E-state index contributed by atoms with van der Waals surface area (Å²) in [5.74, 6) is 0. The number of hydrogen-bond donors (Lipinski definition) is 0. The van der Waals surface area contributed by atoms with Crippen molar-refractivity contribution >= 4 is 91.8 Å². The Labute approximate surface area is 390 Å². The van der Waals surface area contributed by atoms with Crippen molar-refractivity contribution in [2.24, 2.45) is 0 Å². The molecule has 2 aliphatic heterocycles. The maximum absolute atomic E-state index is 2.69. The summed E-state index contributed by atoms with van der Waals surface area (Å²) in [5, 5.41) is 11.2. The predicted molar refractivity (Wildman–Crippen MR) is 285 cm³/mol. The van der Waals surface area contributed by atoms with Crippen molar-refractivity contribution in [3.63, 3.8) is 0 Å². The lowest BCUT2D eigenvalue weighted by Crippen LogP contribution is -2.77. The first-order chi connectivity index (χ1) is 32.6. The highest BCUT2D eigenvalue weighted by Crippen LogP contribution is 2.43. The fourth-order valence-corrected chi connectivity index (χ4v) is 21.8. The Morgan fingerprint density at radius 2 is 0.500 bits per heavy atom. The molecule has 2 nitrogen and oxygen atoms in total. The second kappa shape index (κ2) is 16.0. The van der Waals surface area contributed by atoms with Crippen LogP contribution in [-0.4, -0.2) is 16.1 Å². The van der Waals surface area contributed by atoms with Gasteiger partial charge in [-0.1, -0.05) is 206 Å². The van der Waals surface area contributed by atoms with Crippen molar-refractivity contribution in [2.75, 3.05) is 9.80 Å². The molecule has 0 fully saturated rings. The monoisotopic (exact) mass is 876 g/mol. The highest BCUT2D eigenvalue weighted by molar-refractivity contribution is 7.22. The third kappa shape index (κ3) is 5.92. The molecule has 66 heavy (non-hydrogen) atoms. The normalized spacial score (nSPS) is 14.1. The number of fused-ring (bicyclic) bond motifs is 4. The van der Waals surface area contributed by atoms with E-state index in [1.54, 1.807) is 0 Å². The van der Waals surface area contributed by atoms with Crippen LogP contribution in [-0.2, 0) is 0 Å². The predicted octanol–water partition coefficient (Wildman–Crippen LogP) is 10.3. The van der Waals surface area contributed by atoms with Gasteiger partial charge < -0.3 is 9.80 Å². The van der Waals surface area contributed by atoms with E-state index in [9.17, 15) is 0 Å². The summed E-state index contributed by atoms with van der Waals surface area (Å²) in [6.45, 7) is 4.55. The fraction of sp³-hybridized carbons (Fsp3) is 0.0323. The SMILES string of the molecule is Cc1cc(N2c3ccccc3[Si](c3ccccc3)(c3ccccc3)c3ccccc32)ccc1-c1ccc(N2c3ccccc3[Si](c3ccccc3)(c3ccccc3)c3ccccc32)cc1C. The third-order valence-electron chi connectivity index (χ3n) is 14.2. The molecule has 0 atom stereocenters. The van der Waals surface area contributed by atoms with Gasteiger partial charge in [-0.3, -0.25) is 0 Å². The smallest absolute Gasteiger partial charge is 0.184 e. The number of para-hydroxylation sites is 4. The molecule has 10 aromatic rings. The number of anilines is 6. The standard InChI is InChI=1S/C62H48N2Si2/c1-45-43-47(63-55-31-15-19-35-59(55)65(49-23-7-3-8-24-49,50-25-9-4-10-26-50)60-36-20-16-32-56(60)63)39-41-53(45)54-42-40-48(44-46(54)2)64-57-33-17-21-37-61(57)66(51-27-11-5-12-28-51,52-29-13-6-14-30-52)62-38-22-18-34-58(62)64/h3-44H,1-2H3. The Kier molecular flexibility index (Phi) is 9.67. The van der Waals surface area contributed by atoms with Crippen LogP contribution in [0.15, 0.2) is 255 Å². The van der Waals surface area contributed by atoms with Gasteiger partial charge in [0.15, 0.2) is 16.1 Å². The third-order valence-corrected chi connectivity index (χ3v) is 24.0. The first kappa shape index (κ1) is 39.8. The summed E-state index contributed by atoms with van der Waals surface area (Å²) < 4.78 is 0. The van der Waals surface area contributed by atoms with Crippen LogP contribution in [0.4, 0.5) is 34.1 Å². The Bertz CT molecular complexity index is 3000. The molecule has 0 aromatic heterocycles. The summed E-state index contributed by atoms with van der Waals surface area (Å²) in [5.41, 5.74) is 12.3. The van der Waals surface area contributed by atoms with Gasteiger partial charge in [0.2, 0.25) is 0 Å². The number of nitrogens with zero attached hydrogens (tertiary/aromatic N) is 2. The fourth-order valence-electron chi connectivity index (χ4n) is 11.6. The lowest BCUT2D eigenvalue weighted by Gasteiger charge is -2.45. The molecule has 314 valence electrons. The topological polar surface area (TPSA) is 6.48 Å². The van der Waals surface area contributed by atoms with Crippen LogP contribution in [0.1, 0.15) is 11.1 Å². The minimum absolute atomic E-state index is 1.17. The van der Waals surface area contributed by atoms with Gasteiger partial charge in [-0.25, -0.2) is 0 Å². The zero-order chi connectivity index (χ0) is 44.2. The summed E-state index contributed by atoms with van der Waals surface area (Å²) >= 11 is 0. The first-order valence-corrected chi connectivity index (χ1v) is 27.0. The van der Waals surface area contributed by atoms with Gasteiger partial charge in [0, 0.05) is 34.1 Å². The van der Waals surface area contributed by atoms with E-state index in [0.29, 0.717) is 0 Å². The quantitative estimate of drug-likeness (QED) is 0.147. The lowest BCUT2D eigenvalue weighted by molar-refractivity contribution is 1.26. The van der Waals surface area contributed by atoms with Crippen LogP contribution in [0.2, 0.25) is 0 Å². The molecule has 0 spiro atoms. The van der Waals surface area contributed by atoms with Gasteiger partial charge in [0.05, 0.1) is 0 Å². The number of rotatable bonds is 7. The molecule has 0 saturated carbocycles. The van der Waals surface area contributed by atoms with Crippen molar-refractivity contribution < 1.29 is 0 Å². The molecule has 4 heteroatoms. The highest BCUT2D eigenvalue weighted by atomic mass is 28.3. The van der Waals surface area contributed by atoms with E-state index in [4.69, 9.17) is 0 Å². The Morgan fingerprint density at radius 3 is 0.758 bits per heavy atom. The summed E-state index contributed by atoms with van der Waals surface area (Å²) in [6.07, 6.45) is 0. The van der Waals surface area contributed by atoms with E-state index in [1.165, 1.54) is 97.9 Å². The summed E-state index contributed by atoms with van der Waals surface area (Å²) in [4.78, 5) is 5.02. The van der Waals surface area contributed by atoms with Crippen molar-refractivity contribution in [3.8, 4) is 11.1 Å². The number of hydrogen-bond acceptors (Lipinski definition) is 2. The molecule has 0 unspecified atom stereocenters. The number of aryl methyl sites for hydroxylation is 2. The number of benzene rings is 10. The largest absolute Gasteiger partial charge is 0.311 e. The average Bonchev–Trinajstić information content (AvgIpc) is 3.38. The van der Waals surface area contributed by atoms with Gasteiger partial charge in [-0.2, -0.15) is 0 Å². The summed E-state index contributed by atoms with van der Waals surface area (Å²) in [7, 11) is -5.37. The lowest BCUT2D eigenvalue weighted by atomic mass is 9.95. The van der Waals surface area contributed by atoms with E-state index >= 15 is 0 Å². The minimum Gasteiger partial charge on any atom is -0.311 e. The highest BCUT2D eigenvalue weighted by Gasteiger charge is 2.50. The molecule has 0 bridgehead atoms. The molecule has 0 N–H and O–H groups in total. The zero-order valence-electron chi connectivity index (χ0n) is 37.1. The average molecular weight is 877 g/mol. The molecule has 12 rings (SSSR count). The van der Waals surface area contributed by atoms with Crippen molar-refractivity contribution in [2.45, 2.75) is 13.8 Å². The Morgan fingerprint density at radius 1 is 0.258 bits per heavy atom. The Balaban J connectivity index is 0.964. The molecule has 0 saturated heterocycles. The molecule has 10 aromatic carbocycles. The van der Waals surface area contributed by atoms with Crippen LogP contribution >= 0.6 is 0 Å². The van der Waals surface area contributed by atoms with Crippen molar-refractivity contribution in [3.05, 3.63) is 266 Å². The molecule has 0 amide bonds. The second-order valence-corrected chi connectivity index (χ2v) is 25.2. The summed E-state index contributed by atoms with van der Waals surface area (Å²) in [6, 6.07) is 95.7. The second-order valence-electron chi connectivity index (χ2n) is 17.7. The zero-order valence-corrected chi connectivity index (χ0v) is 39.1. The van der Waals surface area contributed by atoms with Gasteiger partial charge in [-0.15, -0.1) is 0 Å².